The minimum atomic E-state index is -3.70. The monoisotopic (exact) mass is 357 g/mol. The fourth-order valence-corrected chi connectivity index (χ4v) is 3.91. The molecule has 3 rings (SSSR count). The number of hydrogen-bond acceptors (Lipinski definition) is 5. The van der Waals surface area contributed by atoms with Crippen LogP contribution in [0, 0.1) is 13.8 Å². The SMILES string of the molecule is Cc1n[nH]c(C)c1S(=O)(=O)Nc1ccc(NCc2ccccc2)nc1. The Morgan fingerprint density at radius 3 is 2.44 bits per heavy atom. The number of aromatic nitrogens is 3. The number of nitrogens with zero attached hydrogens (tertiary/aromatic N) is 2. The molecule has 0 radical (unpaired) electrons. The van der Waals surface area contributed by atoms with E-state index in [-0.39, 0.29) is 4.90 Å². The second kappa shape index (κ2) is 6.94. The van der Waals surface area contributed by atoms with Crippen molar-refractivity contribution in [2.24, 2.45) is 0 Å². The summed E-state index contributed by atoms with van der Waals surface area (Å²) >= 11 is 0. The summed E-state index contributed by atoms with van der Waals surface area (Å²) in [4.78, 5) is 4.41. The minimum Gasteiger partial charge on any atom is -0.366 e. The van der Waals surface area contributed by atoms with Crippen LogP contribution in [-0.2, 0) is 16.6 Å². The number of aromatic amines is 1. The van der Waals surface area contributed by atoms with Crippen molar-refractivity contribution in [3.05, 3.63) is 65.6 Å². The molecule has 0 atom stereocenters. The van der Waals surface area contributed by atoms with Crippen LogP contribution in [0.3, 0.4) is 0 Å². The lowest BCUT2D eigenvalue weighted by Gasteiger charge is -2.09. The molecule has 0 spiro atoms. The van der Waals surface area contributed by atoms with Crippen LogP contribution in [0.1, 0.15) is 17.0 Å². The van der Waals surface area contributed by atoms with Crippen LogP contribution >= 0.6 is 0 Å². The Morgan fingerprint density at radius 1 is 1.08 bits per heavy atom. The van der Waals surface area contributed by atoms with Gasteiger partial charge in [-0.15, -0.1) is 0 Å². The van der Waals surface area contributed by atoms with Crippen molar-refractivity contribution in [3.8, 4) is 0 Å². The normalized spacial score (nSPS) is 11.3. The maximum atomic E-state index is 12.5. The second-order valence-corrected chi connectivity index (χ2v) is 7.26. The molecular formula is C17H19N5O2S. The topological polar surface area (TPSA) is 99.8 Å². The summed E-state index contributed by atoms with van der Waals surface area (Å²) in [5.41, 5.74) is 2.46. The molecule has 0 amide bonds. The average Bonchev–Trinajstić information content (AvgIpc) is 2.94. The van der Waals surface area contributed by atoms with Gasteiger partial charge in [0.1, 0.15) is 10.7 Å². The molecule has 0 bridgehead atoms. The van der Waals surface area contributed by atoms with Gasteiger partial charge < -0.3 is 5.32 Å². The van der Waals surface area contributed by atoms with E-state index < -0.39 is 10.0 Å². The molecule has 2 heterocycles. The van der Waals surface area contributed by atoms with E-state index in [1.807, 2.05) is 30.3 Å². The number of aryl methyl sites for hydroxylation is 2. The van der Waals surface area contributed by atoms with Crippen LogP contribution in [0.5, 0.6) is 0 Å². The first-order valence-corrected chi connectivity index (χ1v) is 9.22. The highest BCUT2D eigenvalue weighted by atomic mass is 32.2. The second-order valence-electron chi connectivity index (χ2n) is 5.64. The van der Waals surface area contributed by atoms with Crippen molar-refractivity contribution in [2.45, 2.75) is 25.3 Å². The van der Waals surface area contributed by atoms with Crippen LogP contribution in [0.25, 0.3) is 0 Å². The highest BCUT2D eigenvalue weighted by Gasteiger charge is 2.22. The van der Waals surface area contributed by atoms with Gasteiger partial charge in [0.2, 0.25) is 0 Å². The van der Waals surface area contributed by atoms with Gasteiger partial charge in [-0.3, -0.25) is 9.82 Å². The van der Waals surface area contributed by atoms with Crippen LogP contribution in [0.2, 0.25) is 0 Å². The first-order valence-electron chi connectivity index (χ1n) is 7.74. The van der Waals surface area contributed by atoms with E-state index in [9.17, 15) is 8.42 Å². The molecule has 2 aromatic heterocycles. The molecule has 25 heavy (non-hydrogen) atoms. The number of pyridine rings is 1. The van der Waals surface area contributed by atoms with E-state index in [1.165, 1.54) is 6.20 Å². The first-order chi connectivity index (χ1) is 12.0. The maximum Gasteiger partial charge on any atom is 0.265 e. The lowest BCUT2D eigenvalue weighted by atomic mass is 10.2. The molecule has 3 N–H and O–H groups in total. The summed E-state index contributed by atoms with van der Waals surface area (Å²) < 4.78 is 27.5. The maximum absolute atomic E-state index is 12.5. The van der Waals surface area contributed by atoms with Crippen LogP contribution in [-0.4, -0.2) is 23.6 Å². The van der Waals surface area contributed by atoms with Gasteiger partial charge in [-0.1, -0.05) is 30.3 Å². The Morgan fingerprint density at radius 2 is 1.84 bits per heavy atom. The molecule has 0 saturated heterocycles. The van der Waals surface area contributed by atoms with Crippen molar-refractivity contribution in [1.82, 2.24) is 15.2 Å². The highest BCUT2D eigenvalue weighted by Crippen LogP contribution is 2.21. The molecule has 0 saturated carbocycles. The summed E-state index contributed by atoms with van der Waals surface area (Å²) in [5.74, 6) is 0.669. The van der Waals surface area contributed by atoms with Crippen molar-refractivity contribution < 1.29 is 8.42 Å². The number of nitrogens with one attached hydrogen (secondary N) is 3. The minimum absolute atomic E-state index is 0.166. The van der Waals surface area contributed by atoms with Gasteiger partial charge in [0, 0.05) is 6.54 Å². The van der Waals surface area contributed by atoms with E-state index in [4.69, 9.17) is 0 Å². The molecule has 0 aliphatic rings. The fraction of sp³-hybridized carbons (Fsp3) is 0.176. The van der Waals surface area contributed by atoms with E-state index in [1.54, 1.807) is 26.0 Å². The zero-order valence-corrected chi connectivity index (χ0v) is 14.8. The van der Waals surface area contributed by atoms with Crippen LogP contribution in [0.4, 0.5) is 11.5 Å². The standard InChI is InChI=1S/C17H19N5O2S/c1-12-17(13(2)21-20-12)25(23,24)22-15-8-9-16(19-11-15)18-10-14-6-4-3-5-7-14/h3-9,11,22H,10H2,1-2H3,(H,18,19)(H,20,21). The first kappa shape index (κ1) is 17.0. The van der Waals surface area contributed by atoms with Crippen molar-refractivity contribution in [3.63, 3.8) is 0 Å². The molecule has 0 unspecified atom stereocenters. The highest BCUT2D eigenvalue weighted by molar-refractivity contribution is 7.92. The molecule has 1 aromatic carbocycles. The Hall–Kier alpha value is -2.87. The predicted octanol–water partition coefficient (Wildman–Crippen LogP) is 2.83. The summed E-state index contributed by atoms with van der Waals surface area (Å²) in [6.45, 7) is 3.96. The zero-order chi connectivity index (χ0) is 17.9. The lowest BCUT2D eigenvalue weighted by molar-refractivity contribution is 0.600. The molecule has 0 aliphatic carbocycles. The molecule has 8 heteroatoms. The number of H-pyrrole nitrogens is 1. The van der Waals surface area contributed by atoms with Gasteiger partial charge in [-0.2, -0.15) is 5.10 Å². The zero-order valence-electron chi connectivity index (χ0n) is 13.9. The van der Waals surface area contributed by atoms with Gasteiger partial charge in [0.15, 0.2) is 0 Å². The Kier molecular flexibility index (Phi) is 4.71. The number of sulfonamides is 1. The smallest absolute Gasteiger partial charge is 0.265 e. The van der Waals surface area contributed by atoms with E-state index >= 15 is 0 Å². The largest absolute Gasteiger partial charge is 0.366 e. The molecule has 0 fully saturated rings. The third-order valence-electron chi connectivity index (χ3n) is 3.66. The molecular weight excluding hydrogens is 338 g/mol. The Labute approximate surface area is 146 Å². The molecule has 0 aliphatic heterocycles. The number of rotatable bonds is 6. The Balaban J connectivity index is 1.68. The number of hydrogen-bond donors (Lipinski definition) is 3. The van der Waals surface area contributed by atoms with E-state index in [2.05, 4.69) is 25.2 Å². The van der Waals surface area contributed by atoms with Crippen LogP contribution in [0.15, 0.2) is 53.6 Å². The van der Waals surface area contributed by atoms with Crippen molar-refractivity contribution in [2.75, 3.05) is 10.0 Å². The summed E-state index contributed by atoms with van der Waals surface area (Å²) in [6, 6.07) is 13.4. The van der Waals surface area contributed by atoms with Gasteiger partial charge in [0.25, 0.3) is 10.0 Å². The average molecular weight is 357 g/mol. The van der Waals surface area contributed by atoms with Gasteiger partial charge in [-0.25, -0.2) is 13.4 Å². The fourth-order valence-electron chi connectivity index (χ4n) is 2.49. The number of benzene rings is 1. The third kappa shape index (κ3) is 3.97. The summed E-state index contributed by atoms with van der Waals surface area (Å²) in [5, 5.41) is 9.79. The van der Waals surface area contributed by atoms with Crippen LogP contribution < -0.4 is 10.0 Å². The lowest BCUT2D eigenvalue weighted by Crippen LogP contribution is -2.14. The predicted molar refractivity (Wildman–Crippen MR) is 96.9 cm³/mol. The Bertz CT molecular complexity index is 931. The quantitative estimate of drug-likeness (QED) is 0.630. The van der Waals surface area contributed by atoms with Crippen molar-refractivity contribution >= 4 is 21.5 Å². The third-order valence-corrected chi connectivity index (χ3v) is 5.30. The van der Waals surface area contributed by atoms with Gasteiger partial charge in [0.05, 0.1) is 23.3 Å². The molecule has 130 valence electrons. The molecule has 7 nitrogen and oxygen atoms in total. The van der Waals surface area contributed by atoms with Gasteiger partial charge in [-0.05, 0) is 31.5 Å². The van der Waals surface area contributed by atoms with Crippen molar-refractivity contribution in [1.29, 1.82) is 0 Å². The van der Waals surface area contributed by atoms with E-state index in [0.717, 1.165) is 5.56 Å². The number of anilines is 2. The van der Waals surface area contributed by atoms with E-state index in [0.29, 0.717) is 29.4 Å². The van der Waals surface area contributed by atoms with Gasteiger partial charge >= 0.3 is 0 Å². The summed E-state index contributed by atoms with van der Waals surface area (Å²) in [6.07, 6.45) is 1.48. The molecule has 3 aromatic rings. The summed E-state index contributed by atoms with van der Waals surface area (Å²) in [7, 11) is -3.70.